The lowest BCUT2D eigenvalue weighted by Crippen LogP contribution is -2.24. The van der Waals surface area contributed by atoms with Crippen LogP contribution in [0.1, 0.15) is 30.6 Å². The molecule has 2 N–H and O–H groups in total. The van der Waals surface area contributed by atoms with E-state index >= 15 is 0 Å². The van der Waals surface area contributed by atoms with Crippen molar-refractivity contribution in [3.05, 3.63) is 29.8 Å². The SMILES string of the molecule is CC(C)OC(=O)c1ccc(NC(=O)C2CCNC2)cc1. The predicted molar refractivity (Wildman–Crippen MR) is 76.6 cm³/mol. The van der Waals surface area contributed by atoms with Crippen LogP contribution in [-0.2, 0) is 9.53 Å². The molecule has 1 aromatic rings. The number of ether oxygens (including phenoxy) is 1. The molecule has 1 fully saturated rings. The summed E-state index contributed by atoms with van der Waals surface area (Å²) in [7, 11) is 0. The van der Waals surface area contributed by atoms with Gasteiger partial charge in [0.1, 0.15) is 0 Å². The summed E-state index contributed by atoms with van der Waals surface area (Å²) in [6.07, 6.45) is 0.724. The lowest BCUT2D eigenvalue weighted by molar-refractivity contribution is -0.119. The summed E-state index contributed by atoms with van der Waals surface area (Å²) < 4.78 is 5.10. The fourth-order valence-corrected chi connectivity index (χ4v) is 2.09. The Balaban J connectivity index is 1.94. The molecular formula is C15H20N2O3. The Hall–Kier alpha value is -1.88. The third-order valence-electron chi connectivity index (χ3n) is 3.16. The van der Waals surface area contributed by atoms with E-state index in [-0.39, 0.29) is 23.9 Å². The van der Waals surface area contributed by atoms with E-state index in [1.807, 2.05) is 13.8 Å². The maximum absolute atomic E-state index is 11.9. The van der Waals surface area contributed by atoms with E-state index in [9.17, 15) is 9.59 Å². The second kappa shape index (κ2) is 6.52. The number of esters is 1. The van der Waals surface area contributed by atoms with Crippen molar-refractivity contribution in [1.82, 2.24) is 5.32 Å². The van der Waals surface area contributed by atoms with Crippen molar-refractivity contribution in [1.29, 1.82) is 0 Å². The minimum Gasteiger partial charge on any atom is -0.459 e. The van der Waals surface area contributed by atoms with Crippen LogP contribution >= 0.6 is 0 Å². The van der Waals surface area contributed by atoms with Crippen molar-refractivity contribution in [3.8, 4) is 0 Å². The number of anilines is 1. The number of carbonyl (C=O) groups is 2. The van der Waals surface area contributed by atoms with Gasteiger partial charge in [-0.2, -0.15) is 0 Å². The van der Waals surface area contributed by atoms with Crippen molar-refractivity contribution in [3.63, 3.8) is 0 Å². The summed E-state index contributed by atoms with van der Waals surface area (Å²) in [5, 5.41) is 6.02. The Morgan fingerprint density at radius 1 is 1.30 bits per heavy atom. The Morgan fingerprint density at radius 2 is 2.00 bits per heavy atom. The molecule has 20 heavy (non-hydrogen) atoms. The maximum Gasteiger partial charge on any atom is 0.338 e. The van der Waals surface area contributed by atoms with Crippen molar-refractivity contribution in [2.75, 3.05) is 18.4 Å². The number of hydrogen-bond donors (Lipinski definition) is 2. The molecule has 1 aliphatic heterocycles. The Bertz CT molecular complexity index is 476. The fourth-order valence-electron chi connectivity index (χ4n) is 2.09. The van der Waals surface area contributed by atoms with Gasteiger partial charge in [-0.15, -0.1) is 0 Å². The molecule has 0 radical (unpaired) electrons. The Morgan fingerprint density at radius 3 is 2.55 bits per heavy atom. The standard InChI is InChI=1S/C15H20N2O3/c1-10(2)20-15(19)11-3-5-13(6-4-11)17-14(18)12-7-8-16-9-12/h3-6,10,12,16H,7-9H2,1-2H3,(H,17,18). The van der Waals surface area contributed by atoms with Gasteiger partial charge in [-0.3, -0.25) is 4.79 Å². The van der Waals surface area contributed by atoms with Gasteiger partial charge < -0.3 is 15.4 Å². The average Bonchev–Trinajstić information content (AvgIpc) is 2.92. The molecule has 1 aromatic carbocycles. The Labute approximate surface area is 118 Å². The van der Waals surface area contributed by atoms with Gasteiger partial charge in [-0.1, -0.05) is 0 Å². The molecule has 1 heterocycles. The zero-order valence-corrected chi connectivity index (χ0v) is 11.8. The highest BCUT2D eigenvalue weighted by atomic mass is 16.5. The van der Waals surface area contributed by atoms with Crippen LogP contribution < -0.4 is 10.6 Å². The lowest BCUT2D eigenvalue weighted by Gasteiger charge is -2.11. The molecule has 5 heteroatoms. The van der Waals surface area contributed by atoms with E-state index in [1.54, 1.807) is 24.3 Å². The summed E-state index contributed by atoms with van der Waals surface area (Å²) in [4.78, 5) is 23.6. The van der Waals surface area contributed by atoms with Gasteiger partial charge in [0.05, 0.1) is 17.6 Å². The molecule has 0 spiro atoms. The first-order valence-corrected chi connectivity index (χ1v) is 6.89. The maximum atomic E-state index is 11.9. The normalized spacial score (nSPS) is 18.1. The topological polar surface area (TPSA) is 67.4 Å². The van der Waals surface area contributed by atoms with Crippen molar-refractivity contribution in [2.45, 2.75) is 26.4 Å². The van der Waals surface area contributed by atoms with Gasteiger partial charge in [0, 0.05) is 12.2 Å². The first-order valence-electron chi connectivity index (χ1n) is 6.89. The molecule has 0 aromatic heterocycles. The van der Waals surface area contributed by atoms with Crippen LogP contribution in [0.4, 0.5) is 5.69 Å². The first-order chi connectivity index (χ1) is 9.56. The van der Waals surface area contributed by atoms with Gasteiger partial charge in [-0.05, 0) is 51.1 Å². The number of nitrogens with one attached hydrogen (secondary N) is 2. The van der Waals surface area contributed by atoms with Gasteiger partial charge in [-0.25, -0.2) is 4.79 Å². The third-order valence-corrected chi connectivity index (χ3v) is 3.16. The molecule has 0 saturated carbocycles. The molecule has 108 valence electrons. The van der Waals surface area contributed by atoms with Crippen molar-refractivity contribution >= 4 is 17.6 Å². The fraction of sp³-hybridized carbons (Fsp3) is 0.467. The van der Waals surface area contributed by atoms with E-state index in [1.165, 1.54) is 0 Å². The van der Waals surface area contributed by atoms with E-state index in [0.717, 1.165) is 19.5 Å². The average molecular weight is 276 g/mol. The molecule has 0 bridgehead atoms. The van der Waals surface area contributed by atoms with Crippen LogP contribution in [0.15, 0.2) is 24.3 Å². The smallest absolute Gasteiger partial charge is 0.338 e. The highest BCUT2D eigenvalue weighted by Crippen LogP contribution is 2.15. The van der Waals surface area contributed by atoms with E-state index in [2.05, 4.69) is 10.6 Å². The Kier molecular flexibility index (Phi) is 4.74. The van der Waals surface area contributed by atoms with Crippen molar-refractivity contribution < 1.29 is 14.3 Å². The minimum atomic E-state index is -0.349. The number of benzene rings is 1. The summed E-state index contributed by atoms with van der Waals surface area (Å²) in [5.74, 6) is -0.300. The molecule has 2 rings (SSSR count). The van der Waals surface area contributed by atoms with Gasteiger partial charge in [0.15, 0.2) is 0 Å². The zero-order chi connectivity index (χ0) is 14.5. The van der Waals surface area contributed by atoms with Gasteiger partial charge >= 0.3 is 5.97 Å². The van der Waals surface area contributed by atoms with Crippen LogP contribution in [-0.4, -0.2) is 31.1 Å². The number of rotatable bonds is 4. The van der Waals surface area contributed by atoms with E-state index in [0.29, 0.717) is 11.3 Å². The van der Waals surface area contributed by atoms with Crippen LogP contribution in [0, 0.1) is 5.92 Å². The monoisotopic (exact) mass is 276 g/mol. The van der Waals surface area contributed by atoms with Crippen LogP contribution in [0.5, 0.6) is 0 Å². The summed E-state index contributed by atoms with van der Waals surface area (Å²) in [5.41, 5.74) is 1.18. The number of hydrogen-bond acceptors (Lipinski definition) is 4. The number of amides is 1. The number of carbonyl (C=O) groups excluding carboxylic acids is 2. The van der Waals surface area contributed by atoms with E-state index < -0.39 is 0 Å². The molecule has 1 unspecified atom stereocenters. The van der Waals surface area contributed by atoms with Crippen molar-refractivity contribution in [2.24, 2.45) is 5.92 Å². The highest BCUT2D eigenvalue weighted by Gasteiger charge is 2.22. The first kappa shape index (κ1) is 14.5. The highest BCUT2D eigenvalue weighted by molar-refractivity contribution is 5.94. The lowest BCUT2D eigenvalue weighted by atomic mass is 10.1. The molecule has 5 nitrogen and oxygen atoms in total. The van der Waals surface area contributed by atoms with Crippen LogP contribution in [0.25, 0.3) is 0 Å². The molecule has 1 amide bonds. The van der Waals surface area contributed by atoms with Gasteiger partial charge in [0.25, 0.3) is 0 Å². The second-order valence-electron chi connectivity index (χ2n) is 5.21. The molecule has 0 aliphatic carbocycles. The van der Waals surface area contributed by atoms with Crippen LogP contribution in [0.2, 0.25) is 0 Å². The zero-order valence-electron chi connectivity index (χ0n) is 11.8. The van der Waals surface area contributed by atoms with E-state index in [4.69, 9.17) is 4.74 Å². The molecule has 1 saturated heterocycles. The minimum absolute atomic E-state index is 0.0208. The third kappa shape index (κ3) is 3.81. The summed E-state index contributed by atoms with van der Waals surface area (Å²) in [6, 6.07) is 6.76. The van der Waals surface area contributed by atoms with Crippen LogP contribution in [0.3, 0.4) is 0 Å². The quantitative estimate of drug-likeness (QED) is 0.823. The van der Waals surface area contributed by atoms with Gasteiger partial charge in [0.2, 0.25) is 5.91 Å². The molecule has 1 atom stereocenters. The summed E-state index contributed by atoms with van der Waals surface area (Å²) in [6.45, 7) is 5.23. The predicted octanol–water partition coefficient (Wildman–Crippen LogP) is 1.80. The second-order valence-corrected chi connectivity index (χ2v) is 5.21. The molecular weight excluding hydrogens is 256 g/mol. The largest absolute Gasteiger partial charge is 0.459 e. The summed E-state index contributed by atoms with van der Waals surface area (Å²) >= 11 is 0. The molecule has 1 aliphatic rings.